The van der Waals surface area contributed by atoms with Crippen molar-refractivity contribution in [2.75, 3.05) is 39.3 Å². The summed E-state index contributed by atoms with van der Waals surface area (Å²) < 4.78 is 0. The summed E-state index contributed by atoms with van der Waals surface area (Å²) in [5, 5.41) is 8.32. The lowest BCUT2D eigenvalue weighted by atomic mass is 10.0. The van der Waals surface area contributed by atoms with Gasteiger partial charge in [-0.15, -0.1) is 0 Å². The van der Waals surface area contributed by atoms with E-state index in [1.54, 1.807) is 0 Å². The zero-order valence-corrected chi connectivity index (χ0v) is 16.9. The van der Waals surface area contributed by atoms with Gasteiger partial charge in [0.2, 0.25) is 11.8 Å². The van der Waals surface area contributed by atoms with Gasteiger partial charge < -0.3 is 15.5 Å². The third-order valence-electron chi connectivity index (χ3n) is 5.97. The minimum absolute atomic E-state index is 0.0465. The summed E-state index contributed by atoms with van der Waals surface area (Å²) in [5.41, 5.74) is 1.16. The number of hydrogen-bond acceptors (Lipinski definition) is 4. The highest BCUT2D eigenvalue weighted by Crippen LogP contribution is 2.19. The molecule has 6 nitrogen and oxygen atoms in total. The third kappa shape index (κ3) is 5.14. The number of hydrogen-bond donors (Lipinski definition) is 2. The van der Waals surface area contributed by atoms with Crippen LogP contribution in [0.2, 0.25) is 0 Å². The summed E-state index contributed by atoms with van der Waals surface area (Å²) in [6.45, 7) is 5.84. The number of fused-ring (bicyclic) bond motifs is 1. The van der Waals surface area contributed by atoms with Crippen molar-refractivity contribution in [3.8, 4) is 0 Å². The number of nitrogens with zero attached hydrogens (tertiary/aromatic N) is 2. The highest BCUT2D eigenvalue weighted by Gasteiger charge is 2.31. The minimum atomic E-state index is -0.415. The molecule has 2 aliphatic heterocycles. The largest absolute Gasteiger partial charge is 0.355 e. The van der Waals surface area contributed by atoms with E-state index in [-0.39, 0.29) is 18.2 Å². The van der Waals surface area contributed by atoms with Gasteiger partial charge in [-0.2, -0.15) is 0 Å². The maximum Gasteiger partial charge on any atom is 0.237 e. The van der Waals surface area contributed by atoms with E-state index in [0.29, 0.717) is 19.6 Å². The van der Waals surface area contributed by atoms with Crippen molar-refractivity contribution in [1.82, 2.24) is 20.4 Å². The van der Waals surface area contributed by atoms with Gasteiger partial charge in [0, 0.05) is 32.7 Å². The number of rotatable bonds is 7. The predicted octanol–water partition coefficient (Wildman–Crippen LogP) is 1.74. The molecule has 1 unspecified atom stereocenters. The standard InChI is InChI=1S/C23H30N4O2/c28-22(24-9-13-26-11-3-4-12-26)16-21-23(29)25-10-14-27(21)17-18-7-8-19-5-1-2-6-20(19)15-18/h1-2,5-8,15,21H,3-4,9-14,16-17H2,(H,24,28)(H,25,29). The second-order valence-corrected chi connectivity index (χ2v) is 8.06. The molecule has 154 valence electrons. The molecule has 0 aromatic heterocycles. The van der Waals surface area contributed by atoms with Gasteiger partial charge in [-0.1, -0.05) is 36.4 Å². The van der Waals surface area contributed by atoms with Gasteiger partial charge in [0.15, 0.2) is 0 Å². The van der Waals surface area contributed by atoms with Crippen LogP contribution < -0.4 is 10.6 Å². The Morgan fingerprint density at radius 3 is 2.69 bits per heavy atom. The lowest BCUT2D eigenvalue weighted by Gasteiger charge is -2.34. The summed E-state index contributed by atoms with van der Waals surface area (Å²) in [7, 11) is 0. The first-order valence-corrected chi connectivity index (χ1v) is 10.7. The van der Waals surface area contributed by atoms with Gasteiger partial charge in [-0.25, -0.2) is 0 Å². The first kappa shape index (κ1) is 19.9. The van der Waals surface area contributed by atoms with Crippen LogP contribution in [0.4, 0.5) is 0 Å². The number of piperazine rings is 1. The van der Waals surface area contributed by atoms with Gasteiger partial charge in [-0.3, -0.25) is 14.5 Å². The molecule has 0 spiro atoms. The summed E-state index contributed by atoms with van der Waals surface area (Å²) in [4.78, 5) is 29.5. The molecule has 2 aliphatic rings. The fraction of sp³-hybridized carbons (Fsp3) is 0.478. The molecule has 0 aliphatic carbocycles. The van der Waals surface area contributed by atoms with Gasteiger partial charge in [0.1, 0.15) is 0 Å². The Kier molecular flexibility index (Phi) is 6.42. The van der Waals surface area contributed by atoms with Crippen molar-refractivity contribution >= 4 is 22.6 Å². The van der Waals surface area contributed by atoms with E-state index < -0.39 is 6.04 Å². The van der Waals surface area contributed by atoms with Crippen LogP contribution in [0, 0.1) is 0 Å². The molecule has 1 atom stereocenters. The lowest BCUT2D eigenvalue weighted by molar-refractivity contribution is -0.134. The van der Waals surface area contributed by atoms with Crippen LogP contribution in [-0.4, -0.2) is 66.9 Å². The average Bonchev–Trinajstić information content (AvgIpc) is 3.24. The maximum atomic E-state index is 12.5. The number of carbonyl (C=O) groups excluding carboxylic acids is 2. The Labute approximate surface area is 172 Å². The van der Waals surface area contributed by atoms with Crippen LogP contribution in [0.5, 0.6) is 0 Å². The van der Waals surface area contributed by atoms with Gasteiger partial charge in [-0.05, 0) is 48.3 Å². The summed E-state index contributed by atoms with van der Waals surface area (Å²) in [6, 6.07) is 14.3. The monoisotopic (exact) mass is 394 g/mol. The molecule has 2 fully saturated rings. The smallest absolute Gasteiger partial charge is 0.237 e. The molecule has 29 heavy (non-hydrogen) atoms. The second-order valence-electron chi connectivity index (χ2n) is 8.06. The first-order valence-electron chi connectivity index (χ1n) is 10.7. The van der Waals surface area contributed by atoms with Crippen LogP contribution in [0.25, 0.3) is 10.8 Å². The van der Waals surface area contributed by atoms with Gasteiger partial charge in [0.25, 0.3) is 0 Å². The maximum absolute atomic E-state index is 12.5. The number of amides is 2. The second kappa shape index (κ2) is 9.37. The molecule has 2 heterocycles. The number of nitrogens with one attached hydrogen (secondary N) is 2. The Balaban J connectivity index is 1.35. The van der Waals surface area contributed by atoms with E-state index in [9.17, 15) is 9.59 Å². The molecule has 0 bridgehead atoms. The number of benzene rings is 2. The Bertz CT molecular complexity index is 863. The first-order chi connectivity index (χ1) is 14.2. The van der Waals surface area contributed by atoms with Crippen molar-refractivity contribution in [2.24, 2.45) is 0 Å². The molecule has 4 rings (SSSR count). The molecular formula is C23H30N4O2. The minimum Gasteiger partial charge on any atom is -0.355 e. The summed E-state index contributed by atoms with van der Waals surface area (Å²) in [6.07, 6.45) is 2.71. The van der Waals surface area contributed by atoms with Crippen LogP contribution in [0.15, 0.2) is 42.5 Å². The molecule has 0 saturated carbocycles. The van der Waals surface area contributed by atoms with E-state index in [4.69, 9.17) is 0 Å². The van der Waals surface area contributed by atoms with Crippen LogP contribution in [0.3, 0.4) is 0 Å². The fourth-order valence-electron chi connectivity index (χ4n) is 4.35. The van der Waals surface area contributed by atoms with Gasteiger partial charge >= 0.3 is 0 Å². The van der Waals surface area contributed by atoms with Crippen molar-refractivity contribution in [3.05, 3.63) is 48.0 Å². The van der Waals surface area contributed by atoms with E-state index in [0.717, 1.165) is 31.7 Å². The molecule has 2 amide bonds. The van der Waals surface area contributed by atoms with Crippen molar-refractivity contribution in [3.63, 3.8) is 0 Å². The van der Waals surface area contributed by atoms with E-state index in [2.05, 4.69) is 50.8 Å². The van der Waals surface area contributed by atoms with E-state index in [1.165, 1.54) is 23.6 Å². The molecule has 2 aromatic rings. The van der Waals surface area contributed by atoms with E-state index in [1.807, 2.05) is 12.1 Å². The molecular weight excluding hydrogens is 364 g/mol. The third-order valence-corrected chi connectivity index (χ3v) is 5.97. The predicted molar refractivity (Wildman–Crippen MR) is 114 cm³/mol. The zero-order valence-electron chi connectivity index (χ0n) is 16.9. The van der Waals surface area contributed by atoms with E-state index >= 15 is 0 Å². The summed E-state index contributed by atoms with van der Waals surface area (Å²) >= 11 is 0. The van der Waals surface area contributed by atoms with Crippen LogP contribution >= 0.6 is 0 Å². The van der Waals surface area contributed by atoms with Gasteiger partial charge in [0.05, 0.1) is 12.5 Å². The SMILES string of the molecule is O=C(CC1C(=O)NCCN1Cc1ccc2ccccc2c1)NCCN1CCCC1. The van der Waals surface area contributed by atoms with Crippen molar-refractivity contribution < 1.29 is 9.59 Å². The molecule has 0 radical (unpaired) electrons. The van der Waals surface area contributed by atoms with Crippen LogP contribution in [0.1, 0.15) is 24.8 Å². The zero-order chi connectivity index (χ0) is 20.1. The topological polar surface area (TPSA) is 64.7 Å². The quantitative estimate of drug-likeness (QED) is 0.751. The molecule has 6 heteroatoms. The Hall–Kier alpha value is -2.44. The number of likely N-dealkylation sites (tertiary alicyclic amines) is 1. The Morgan fingerprint density at radius 2 is 1.86 bits per heavy atom. The fourth-order valence-corrected chi connectivity index (χ4v) is 4.35. The number of carbonyl (C=O) groups is 2. The van der Waals surface area contributed by atoms with Crippen molar-refractivity contribution in [1.29, 1.82) is 0 Å². The summed E-state index contributed by atoms with van der Waals surface area (Å²) in [5.74, 6) is -0.0958. The van der Waals surface area contributed by atoms with Crippen LogP contribution in [-0.2, 0) is 16.1 Å². The highest BCUT2D eigenvalue weighted by atomic mass is 16.2. The molecule has 2 N–H and O–H groups in total. The van der Waals surface area contributed by atoms with Crippen molar-refractivity contribution in [2.45, 2.75) is 31.8 Å². The molecule has 2 saturated heterocycles. The lowest BCUT2D eigenvalue weighted by Crippen LogP contribution is -2.56. The average molecular weight is 395 g/mol. The Morgan fingerprint density at radius 1 is 1.07 bits per heavy atom. The molecule has 2 aromatic carbocycles. The normalized spacial score (nSPS) is 20.7. The highest BCUT2D eigenvalue weighted by molar-refractivity contribution is 5.89.